The molecule has 1 aromatic carbocycles. The van der Waals surface area contributed by atoms with Crippen LogP contribution in [0.1, 0.15) is 31.2 Å². The van der Waals surface area contributed by atoms with Gasteiger partial charge in [0.25, 0.3) is 5.19 Å². The van der Waals surface area contributed by atoms with E-state index in [1.165, 1.54) is 23.5 Å². The summed E-state index contributed by atoms with van der Waals surface area (Å²) >= 11 is 1.38. The van der Waals surface area contributed by atoms with E-state index in [9.17, 15) is 9.18 Å². The number of hydrogen-bond acceptors (Lipinski definition) is 5. The van der Waals surface area contributed by atoms with Crippen LogP contribution >= 0.6 is 11.3 Å². The summed E-state index contributed by atoms with van der Waals surface area (Å²) in [4.78, 5) is 14.9. The van der Waals surface area contributed by atoms with Gasteiger partial charge in [-0.25, -0.2) is 4.39 Å². The van der Waals surface area contributed by atoms with Crippen molar-refractivity contribution >= 4 is 17.2 Å². The first-order chi connectivity index (χ1) is 11.7. The van der Waals surface area contributed by atoms with Crippen LogP contribution in [0.4, 0.5) is 4.39 Å². The third-order valence-electron chi connectivity index (χ3n) is 4.89. The molecule has 1 aliphatic carbocycles. The fourth-order valence-corrected chi connectivity index (χ4v) is 3.83. The molecule has 24 heavy (non-hydrogen) atoms. The van der Waals surface area contributed by atoms with Gasteiger partial charge in [0.15, 0.2) is 0 Å². The van der Waals surface area contributed by atoms with Crippen LogP contribution in [0.25, 0.3) is 0 Å². The zero-order valence-corrected chi connectivity index (χ0v) is 14.0. The summed E-state index contributed by atoms with van der Waals surface area (Å²) < 4.78 is 18.9. The fraction of sp³-hybridized carbons (Fsp3) is 0.471. The van der Waals surface area contributed by atoms with Crippen molar-refractivity contribution < 1.29 is 13.9 Å². The molecule has 0 bridgehead atoms. The predicted molar refractivity (Wildman–Crippen MR) is 87.5 cm³/mol. The molecule has 0 N–H and O–H groups in total. The van der Waals surface area contributed by atoms with Crippen molar-refractivity contribution in [1.29, 1.82) is 0 Å². The highest BCUT2D eigenvalue weighted by atomic mass is 32.1. The summed E-state index contributed by atoms with van der Waals surface area (Å²) in [6, 6.07) is 6.35. The summed E-state index contributed by atoms with van der Waals surface area (Å²) in [7, 11) is 0. The van der Waals surface area contributed by atoms with Crippen LogP contribution in [0, 0.1) is 5.82 Å². The fourth-order valence-electron chi connectivity index (χ4n) is 3.36. The Bertz CT molecular complexity index is 708. The lowest BCUT2D eigenvalue weighted by molar-refractivity contribution is -0.135. The Balaban J connectivity index is 1.38. The zero-order valence-electron chi connectivity index (χ0n) is 13.2. The minimum Gasteiger partial charge on any atom is -0.465 e. The van der Waals surface area contributed by atoms with Gasteiger partial charge in [0.05, 0.1) is 5.41 Å². The molecule has 4 rings (SSSR count). The van der Waals surface area contributed by atoms with Gasteiger partial charge in [-0.1, -0.05) is 23.5 Å². The van der Waals surface area contributed by atoms with E-state index in [0.717, 1.165) is 31.2 Å². The van der Waals surface area contributed by atoms with Gasteiger partial charge in [0.2, 0.25) is 5.91 Å². The molecule has 1 saturated heterocycles. The summed E-state index contributed by atoms with van der Waals surface area (Å²) in [5, 5.41) is 8.25. The number of carbonyl (C=O) groups excluding carboxylic acids is 1. The second kappa shape index (κ2) is 6.12. The van der Waals surface area contributed by atoms with E-state index in [1.807, 2.05) is 4.90 Å². The summed E-state index contributed by atoms with van der Waals surface area (Å²) in [6.07, 6.45) is 3.37. The third kappa shape index (κ3) is 2.88. The Morgan fingerprint density at radius 1 is 1.25 bits per heavy atom. The van der Waals surface area contributed by atoms with E-state index < -0.39 is 5.41 Å². The third-order valence-corrected chi connectivity index (χ3v) is 5.47. The van der Waals surface area contributed by atoms with E-state index in [-0.39, 0.29) is 17.8 Å². The lowest BCUT2D eigenvalue weighted by Gasteiger charge is -2.34. The number of benzene rings is 1. The smallest absolute Gasteiger partial charge is 0.294 e. The summed E-state index contributed by atoms with van der Waals surface area (Å²) in [5.41, 5.74) is 2.15. The molecular weight excluding hydrogens is 329 g/mol. The minimum atomic E-state index is -0.430. The van der Waals surface area contributed by atoms with Crippen LogP contribution in [-0.4, -0.2) is 40.2 Å². The SMILES string of the molecule is O=C(N1CCC(Oc2nncs2)CC1)C1(c2ccc(F)cc2)CC1. The molecule has 2 heterocycles. The van der Waals surface area contributed by atoms with Crippen LogP contribution in [0.3, 0.4) is 0 Å². The number of ether oxygens (including phenoxy) is 1. The summed E-state index contributed by atoms with van der Waals surface area (Å²) in [6.45, 7) is 1.37. The van der Waals surface area contributed by atoms with Crippen molar-refractivity contribution in [2.45, 2.75) is 37.2 Å². The first kappa shape index (κ1) is 15.5. The van der Waals surface area contributed by atoms with E-state index in [1.54, 1.807) is 17.6 Å². The molecule has 5 nitrogen and oxygen atoms in total. The molecule has 1 amide bonds. The zero-order chi connectivity index (χ0) is 16.6. The molecule has 2 aromatic rings. The number of carbonyl (C=O) groups is 1. The molecule has 0 radical (unpaired) electrons. The second-order valence-electron chi connectivity index (χ2n) is 6.40. The molecule has 0 unspecified atom stereocenters. The van der Waals surface area contributed by atoms with E-state index in [0.29, 0.717) is 18.3 Å². The Morgan fingerprint density at radius 2 is 1.96 bits per heavy atom. The van der Waals surface area contributed by atoms with Crippen LogP contribution in [0.15, 0.2) is 29.8 Å². The second-order valence-corrected chi connectivity index (χ2v) is 7.20. The number of aromatic nitrogens is 2. The first-order valence-electron chi connectivity index (χ1n) is 8.16. The maximum Gasteiger partial charge on any atom is 0.294 e. The predicted octanol–water partition coefficient (Wildman–Crippen LogP) is 2.78. The summed E-state index contributed by atoms with van der Waals surface area (Å²) in [5.74, 6) is -0.0971. The number of halogens is 1. The molecule has 0 atom stereocenters. The Labute approximate surface area is 143 Å². The average molecular weight is 347 g/mol. The molecular formula is C17H18FN3O2S. The maximum atomic E-state index is 13.1. The van der Waals surface area contributed by atoms with Gasteiger partial charge in [-0.2, -0.15) is 0 Å². The van der Waals surface area contributed by atoms with E-state index >= 15 is 0 Å². The molecule has 0 spiro atoms. The van der Waals surface area contributed by atoms with Gasteiger partial charge in [-0.3, -0.25) is 4.79 Å². The molecule has 1 aliphatic heterocycles. The highest BCUT2D eigenvalue weighted by Gasteiger charge is 2.53. The Hall–Kier alpha value is -2.02. The number of nitrogens with zero attached hydrogens (tertiary/aromatic N) is 3. The Kier molecular flexibility index (Phi) is 3.96. The largest absolute Gasteiger partial charge is 0.465 e. The molecule has 7 heteroatoms. The van der Waals surface area contributed by atoms with Crippen molar-refractivity contribution in [2.75, 3.05) is 13.1 Å². The highest BCUT2D eigenvalue weighted by molar-refractivity contribution is 7.11. The van der Waals surface area contributed by atoms with E-state index in [2.05, 4.69) is 10.2 Å². The van der Waals surface area contributed by atoms with Gasteiger partial charge in [-0.15, -0.1) is 10.2 Å². The van der Waals surface area contributed by atoms with Crippen LogP contribution in [0.2, 0.25) is 0 Å². The van der Waals surface area contributed by atoms with Crippen molar-refractivity contribution in [2.24, 2.45) is 0 Å². The number of amides is 1. The number of rotatable bonds is 4. The maximum absolute atomic E-state index is 13.1. The molecule has 1 saturated carbocycles. The first-order valence-corrected chi connectivity index (χ1v) is 9.04. The van der Waals surface area contributed by atoms with Gasteiger partial charge < -0.3 is 9.64 Å². The number of piperidine rings is 1. The number of hydrogen-bond donors (Lipinski definition) is 0. The lowest BCUT2D eigenvalue weighted by Crippen LogP contribution is -2.46. The lowest BCUT2D eigenvalue weighted by atomic mass is 9.93. The van der Waals surface area contributed by atoms with Gasteiger partial charge in [-0.05, 0) is 30.5 Å². The molecule has 2 fully saturated rings. The quantitative estimate of drug-likeness (QED) is 0.853. The topological polar surface area (TPSA) is 55.3 Å². The monoisotopic (exact) mass is 347 g/mol. The number of likely N-dealkylation sites (tertiary alicyclic amines) is 1. The van der Waals surface area contributed by atoms with Crippen molar-refractivity contribution in [3.63, 3.8) is 0 Å². The molecule has 126 valence electrons. The standard InChI is InChI=1S/C17H18FN3O2S/c18-13-3-1-12(2-4-13)17(7-8-17)15(22)21-9-5-14(6-10-21)23-16-20-19-11-24-16/h1-4,11,14H,5-10H2. The minimum absolute atomic E-state index is 0.0861. The van der Waals surface area contributed by atoms with Crippen molar-refractivity contribution in [3.8, 4) is 5.19 Å². The molecule has 2 aliphatic rings. The van der Waals surface area contributed by atoms with Crippen molar-refractivity contribution in [3.05, 3.63) is 41.2 Å². The average Bonchev–Trinajstić information content (AvgIpc) is 3.26. The van der Waals surface area contributed by atoms with Crippen LogP contribution in [-0.2, 0) is 10.2 Å². The van der Waals surface area contributed by atoms with Gasteiger partial charge >= 0.3 is 0 Å². The van der Waals surface area contributed by atoms with Crippen molar-refractivity contribution in [1.82, 2.24) is 15.1 Å². The molecule has 1 aromatic heterocycles. The normalized spacial score (nSPS) is 20.0. The Morgan fingerprint density at radius 3 is 2.54 bits per heavy atom. The van der Waals surface area contributed by atoms with Crippen LogP contribution < -0.4 is 4.74 Å². The van der Waals surface area contributed by atoms with Gasteiger partial charge in [0, 0.05) is 25.9 Å². The van der Waals surface area contributed by atoms with Gasteiger partial charge in [0.1, 0.15) is 17.4 Å². The van der Waals surface area contributed by atoms with Crippen LogP contribution in [0.5, 0.6) is 5.19 Å². The van der Waals surface area contributed by atoms with E-state index in [4.69, 9.17) is 4.74 Å². The highest BCUT2D eigenvalue weighted by Crippen LogP contribution is 2.49.